The maximum absolute atomic E-state index is 5.13. The third kappa shape index (κ3) is 6.18. The summed E-state index contributed by atoms with van der Waals surface area (Å²) in [6.07, 6.45) is 4.08. The van der Waals surface area contributed by atoms with Crippen LogP contribution in [0.25, 0.3) is 0 Å². The van der Waals surface area contributed by atoms with Gasteiger partial charge in [-0.3, -0.25) is 0 Å². The molecular weight excluding hydrogens is 268 g/mol. The molecule has 0 aromatic heterocycles. The van der Waals surface area contributed by atoms with Gasteiger partial charge in [-0.15, -0.1) is 0 Å². The molecule has 1 aliphatic heterocycles. The zero-order chi connectivity index (χ0) is 11.6. The Bertz CT molecular complexity index is 163. The molecule has 3 nitrogen and oxygen atoms in total. The monoisotopic (exact) mass is 292 g/mol. The van der Waals surface area contributed by atoms with Crippen molar-refractivity contribution in [2.75, 3.05) is 58.3 Å². The predicted octanol–water partition coefficient (Wildman–Crippen LogP) is 1.82. The molecule has 0 aromatic rings. The summed E-state index contributed by atoms with van der Waals surface area (Å²) in [6, 6.07) is 0. The molecule has 0 unspecified atom stereocenters. The normalized spacial score (nSPS) is 17.4. The topological polar surface area (TPSA) is 15.7 Å². The van der Waals surface area contributed by atoms with Crippen molar-refractivity contribution in [1.82, 2.24) is 9.80 Å². The summed E-state index contributed by atoms with van der Waals surface area (Å²) in [5.74, 6) is 0. The number of likely N-dealkylation sites (tertiary alicyclic amines) is 1. The fraction of sp³-hybridized carbons (Fsp3) is 1.00. The number of hydrogen-bond acceptors (Lipinski definition) is 3. The number of halogens is 1. The van der Waals surface area contributed by atoms with Gasteiger partial charge in [0.2, 0.25) is 0 Å². The first kappa shape index (κ1) is 14.4. The van der Waals surface area contributed by atoms with E-state index in [2.05, 4.69) is 25.7 Å². The van der Waals surface area contributed by atoms with Crippen molar-refractivity contribution in [3.8, 4) is 0 Å². The van der Waals surface area contributed by atoms with Gasteiger partial charge in [-0.1, -0.05) is 15.9 Å². The minimum Gasteiger partial charge on any atom is -0.383 e. The van der Waals surface area contributed by atoms with Gasteiger partial charge < -0.3 is 14.5 Å². The van der Waals surface area contributed by atoms with Crippen LogP contribution in [0.2, 0.25) is 0 Å². The smallest absolute Gasteiger partial charge is 0.0589 e. The third-order valence-electron chi connectivity index (χ3n) is 3.16. The van der Waals surface area contributed by atoms with E-state index in [9.17, 15) is 0 Å². The van der Waals surface area contributed by atoms with Gasteiger partial charge in [-0.05, 0) is 45.4 Å². The first-order valence-corrected chi connectivity index (χ1v) is 7.48. The molecule has 16 heavy (non-hydrogen) atoms. The summed E-state index contributed by atoms with van der Waals surface area (Å²) in [6.45, 7) is 8.13. The molecule has 1 saturated heterocycles. The van der Waals surface area contributed by atoms with E-state index in [0.717, 1.165) is 25.0 Å². The largest absolute Gasteiger partial charge is 0.383 e. The van der Waals surface area contributed by atoms with E-state index in [1.165, 1.54) is 45.4 Å². The van der Waals surface area contributed by atoms with Crippen LogP contribution in [-0.2, 0) is 4.74 Å². The van der Waals surface area contributed by atoms with Crippen LogP contribution in [0.15, 0.2) is 0 Å². The zero-order valence-corrected chi connectivity index (χ0v) is 12.0. The Morgan fingerprint density at radius 2 is 1.94 bits per heavy atom. The molecule has 4 heteroatoms. The SMILES string of the molecule is COCCN(CCBr)CCCN1CCCC1. The van der Waals surface area contributed by atoms with Gasteiger partial charge in [0.25, 0.3) is 0 Å². The molecule has 0 aliphatic carbocycles. The predicted molar refractivity (Wildman–Crippen MR) is 72.4 cm³/mol. The van der Waals surface area contributed by atoms with E-state index in [1.807, 2.05) is 0 Å². The molecule has 1 fully saturated rings. The lowest BCUT2D eigenvalue weighted by Crippen LogP contribution is -2.32. The van der Waals surface area contributed by atoms with Crippen molar-refractivity contribution in [3.05, 3.63) is 0 Å². The molecule has 1 rings (SSSR count). The number of hydrogen-bond donors (Lipinski definition) is 0. The second-order valence-electron chi connectivity index (χ2n) is 4.43. The third-order valence-corrected chi connectivity index (χ3v) is 3.51. The van der Waals surface area contributed by atoms with Gasteiger partial charge >= 0.3 is 0 Å². The van der Waals surface area contributed by atoms with Crippen molar-refractivity contribution in [2.45, 2.75) is 19.3 Å². The summed E-state index contributed by atoms with van der Waals surface area (Å²) in [4.78, 5) is 5.07. The Labute approximate surface area is 108 Å². The highest BCUT2D eigenvalue weighted by Gasteiger charge is 2.11. The summed E-state index contributed by atoms with van der Waals surface area (Å²) in [7, 11) is 1.77. The molecule has 1 aliphatic rings. The van der Waals surface area contributed by atoms with Crippen molar-refractivity contribution in [1.29, 1.82) is 0 Å². The summed E-state index contributed by atoms with van der Waals surface area (Å²) >= 11 is 3.51. The van der Waals surface area contributed by atoms with Crippen LogP contribution in [0, 0.1) is 0 Å². The van der Waals surface area contributed by atoms with Crippen molar-refractivity contribution in [2.24, 2.45) is 0 Å². The molecule has 0 bridgehead atoms. The molecule has 1 heterocycles. The van der Waals surface area contributed by atoms with E-state index in [-0.39, 0.29) is 0 Å². The lowest BCUT2D eigenvalue weighted by molar-refractivity contribution is 0.148. The zero-order valence-electron chi connectivity index (χ0n) is 10.5. The van der Waals surface area contributed by atoms with Crippen LogP contribution in [0.1, 0.15) is 19.3 Å². The van der Waals surface area contributed by atoms with Gasteiger partial charge in [-0.2, -0.15) is 0 Å². The van der Waals surface area contributed by atoms with Crippen LogP contribution in [0.3, 0.4) is 0 Å². The number of methoxy groups -OCH3 is 1. The Hall–Kier alpha value is 0.360. The van der Waals surface area contributed by atoms with E-state index < -0.39 is 0 Å². The lowest BCUT2D eigenvalue weighted by atomic mass is 10.3. The molecule has 0 amide bonds. The maximum Gasteiger partial charge on any atom is 0.0589 e. The van der Waals surface area contributed by atoms with E-state index in [0.29, 0.717) is 0 Å². The standard InChI is InChI=1S/C12H25BrN2O/c1-16-12-11-15(10-5-13)9-4-8-14-6-2-3-7-14/h2-12H2,1H3. The average Bonchev–Trinajstić information content (AvgIpc) is 2.79. The fourth-order valence-electron chi connectivity index (χ4n) is 2.20. The van der Waals surface area contributed by atoms with Crippen LogP contribution in [0.4, 0.5) is 0 Å². The Kier molecular flexibility index (Phi) is 8.47. The van der Waals surface area contributed by atoms with Gasteiger partial charge in [-0.25, -0.2) is 0 Å². The molecule has 0 atom stereocenters. The van der Waals surface area contributed by atoms with Gasteiger partial charge in [0, 0.05) is 25.5 Å². The lowest BCUT2D eigenvalue weighted by Gasteiger charge is -2.22. The Morgan fingerprint density at radius 1 is 1.19 bits per heavy atom. The highest BCUT2D eigenvalue weighted by atomic mass is 79.9. The first-order valence-electron chi connectivity index (χ1n) is 6.36. The van der Waals surface area contributed by atoms with Crippen LogP contribution in [-0.4, -0.2) is 68.1 Å². The molecule has 0 radical (unpaired) electrons. The number of ether oxygens (including phenoxy) is 1. The van der Waals surface area contributed by atoms with Gasteiger partial charge in [0.05, 0.1) is 6.61 Å². The molecule has 0 saturated carbocycles. The van der Waals surface area contributed by atoms with Gasteiger partial charge in [0.15, 0.2) is 0 Å². The van der Waals surface area contributed by atoms with Crippen LogP contribution >= 0.6 is 15.9 Å². The van der Waals surface area contributed by atoms with Crippen molar-refractivity contribution in [3.63, 3.8) is 0 Å². The number of alkyl halides is 1. The van der Waals surface area contributed by atoms with Crippen LogP contribution < -0.4 is 0 Å². The molecule has 96 valence electrons. The first-order chi connectivity index (χ1) is 7.86. The summed E-state index contributed by atoms with van der Waals surface area (Å²) < 4.78 is 5.13. The summed E-state index contributed by atoms with van der Waals surface area (Å²) in [5, 5.41) is 1.06. The van der Waals surface area contributed by atoms with E-state index in [4.69, 9.17) is 4.74 Å². The second-order valence-corrected chi connectivity index (χ2v) is 5.22. The van der Waals surface area contributed by atoms with Crippen LogP contribution in [0.5, 0.6) is 0 Å². The maximum atomic E-state index is 5.13. The molecule has 0 aromatic carbocycles. The number of nitrogens with zero attached hydrogens (tertiary/aromatic N) is 2. The molecule has 0 spiro atoms. The average molecular weight is 293 g/mol. The summed E-state index contributed by atoms with van der Waals surface area (Å²) in [5.41, 5.74) is 0. The van der Waals surface area contributed by atoms with Crippen molar-refractivity contribution >= 4 is 15.9 Å². The molecular formula is C12H25BrN2O. The molecule has 0 N–H and O–H groups in total. The fourth-order valence-corrected chi connectivity index (χ4v) is 2.70. The highest BCUT2D eigenvalue weighted by molar-refractivity contribution is 9.09. The van der Waals surface area contributed by atoms with Gasteiger partial charge in [0.1, 0.15) is 0 Å². The van der Waals surface area contributed by atoms with E-state index >= 15 is 0 Å². The highest BCUT2D eigenvalue weighted by Crippen LogP contribution is 2.07. The minimum atomic E-state index is 0.844. The second kappa shape index (κ2) is 9.40. The quantitative estimate of drug-likeness (QED) is 0.603. The Balaban J connectivity index is 2.05. The minimum absolute atomic E-state index is 0.844. The van der Waals surface area contributed by atoms with Crippen molar-refractivity contribution < 1.29 is 4.74 Å². The Morgan fingerprint density at radius 3 is 2.56 bits per heavy atom. The number of rotatable bonds is 9. The van der Waals surface area contributed by atoms with E-state index in [1.54, 1.807) is 7.11 Å².